The van der Waals surface area contributed by atoms with Gasteiger partial charge in [-0.2, -0.15) is 5.10 Å². The lowest BCUT2D eigenvalue weighted by atomic mass is 10.2. The van der Waals surface area contributed by atoms with E-state index in [1.807, 2.05) is 57.2 Å². The Kier molecular flexibility index (Phi) is 6.10. The first kappa shape index (κ1) is 19.6. The van der Waals surface area contributed by atoms with E-state index >= 15 is 0 Å². The first-order chi connectivity index (χ1) is 13.5. The van der Waals surface area contributed by atoms with Gasteiger partial charge in [0.15, 0.2) is 11.6 Å². The Morgan fingerprint density at radius 3 is 2.39 bits per heavy atom. The smallest absolute Gasteiger partial charge is 0.163 e. The molecule has 8 nitrogen and oxygen atoms in total. The van der Waals surface area contributed by atoms with Crippen LogP contribution in [0, 0.1) is 6.92 Å². The number of hydrogen-bond acceptors (Lipinski definition) is 7. The van der Waals surface area contributed by atoms with Crippen LogP contribution in [0.4, 0.5) is 23.1 Å². The summed E-state index contributed by atoms with van der Waals surface area (Å²) in [6.07, 6.45) is 0. The van der Waals surface area contributed by atoms with Gasteiger partial charge in [0.2, 0.25) is 0 Å². The number of nitrogens with one attached hydrogen (secondary N) is 2. The zero-order chi connectivity index (χ0) is 20.1. The number of aromatic nitrogens is 4. The number of aryl methyl sites for hydroxylation is 1. The summed E-state index contributed by atoms with van der Waals surface area (Å²) in [5.41, 5.74) is 3.06. The largest absolute Gasteiger partial charge is 0.383 e. The fourth-order valence-electron chi connectivity index (χ4n) is 2.69. The zero-order valence-corrected chi connectivity index (χ0v) is 17.0. The zero-order valence-electron chi connectivity index (χ0n) is 17.0. The standard InChI is InChI=1S/C20H27N7O/c1-14-12-18(25-24-14)21-17-13-19(27(4)10-11-28-5)23-20(22-17)15-6-8-16(9-7-15)26(2)3/h6-9,12-13H,10-11H2,1-5H3,(H2,21,22,23,24,25). The second-order valence-electron chi connectivity index (χ2n) is 6.85. The van der Waals surface area contributed by atoms with Crippen LogP contribution in [-0.2, 0) is 4.74 Å². The molecule has 0 aliphatic carbocycles. The predicted molar refractivity (Wildman–Crippen MR) is 114 cm³/mol. The van der Waals surface area contributed by atoms with Crippen molar-refractivity contribution in [1.29, 1.82) is 0 Å². The monoisotopic (exact) mass is 381 g/mol. The molecular formula is C20H27N7O. The molecule has 0 radical (unpaired) electrons. The molecule has 0 atom stereocenters. The van der Waals surface area contributed by atoms with Gasteiger partial charge in [-0.3, -0.25) is 5.10 Å². The molecule has 0 aliphatic heterocycles. The van der Waals surface area contributed by atoms with Crippen LogP contribution in [0.15, 0.2) is 36.4 Å². The third kappa shape index (κ3) is 4.77. The van der Waals surface area contributed by atoms with Crippen molar-refractivity contribution < 1.29 is 4.74 Å². The van der Waals surface area contributed by atoms with Gasteiger partial charge in [-0.15, -0.1) is 0 Å². The quantitative estimate of drug-likeness (QED) is 0.620. The number of methoxy groups -OCH3 is 1. The number of hydrogen-bond donors (Lipinski definition) is 2. The molecule has 0 amide bonds. The molecule has 148 valence electrons. The summed E-state index contributed by atoms with van der Waals surface area (Å²) in [4.78, 5) is 13.6. The Morgan fingerprint density at radius 2 is 1.79 bits per heavy atom. The second kappa shape index (κ2) is 8.71. The minimum Gasteiger partial charge on any atom is -0.383 e. The molecule has 2 N–H and O–H groups in total. The summed E-state index contributed by atoms with van der Waals surface area (Å²) in [6, 6.07) is 12.0. The molecule has 0 fully saturated rings. The van der Waals surface area contributed by atoms with Gasteiger partial charge in [-0.05, 0) is 31.2 Å². The van der Waals surface area contributed by atoms with E-state index in [1.54, 1.807) is 7.11 Å². The average Bonchev–Trinajstić information content (AvgIpc) is 3.10. The third-order valence-electron chi connectivity index (χ3n) is 4.34. The van der Waals surface area contributed by atoms with Crippen molar-refractivity contribution >= 4 is 23.1 Å². The van der Waals surface area contributed by atoms with Crippen LogP contribution in [-0.4, -0.2) is 61.6 Å². The minimum absolute atomic E-state index is 0.620. The van der Waals surface area contributed by atoms with E-state index in [9.17, 15) is 0 Å². The number of anilines is 4. The third-order valence-corrected chi connectivity index (χ3v) is 4.34. The van der Waals surface area contributed by atoms with Crippen molar-refractivity contribution in [3.05, 3.63) is 42.1 Å². The van der Waals surface area contributed by atoms with Gasteiger partial charge < -0.3 is 19.9 Å². The van der Waals surface area contributed by atoms with Crippen molar-refractivity contribution in [2.75, 3.05) is 56.5 Å². The molecule has 8 heteroatoms. The lowest BCUT2D eigenvalue weighted by Gasteiger charge is -2.19. The molecule has 0 unspecified atom stereocenters. The van der Waals surface area contributed by atoms with Crippen LogP contribution in [0.2, 0.25) is 0 Å². The Labute approximate surface area is 165 Å². The second-order valence-corrected chi connectivity index (χ2v) is 6.85. The maximum atomic E-state index is 5.19. The van der Waals surface area contributed by atoms with Crippen LogP contribution in [0.5, 0.6) is 0 Å². The van der Waals surface area contributed by atoms with Gasteiger partial charge in [0.05, 0.1) is 6.61 Å². The van der Waals surface area contributed by atoms with Crippen LogP contribution in [0.3, 0.4) is 0 Å². The first-order valence-corrected chi connectivity index (χ1v) is 9.12. The summed E-state index contributed by atoms with van der Waals surface area (Å²) in [7, 11) is 7.72. The summed E-state index contributed by atoms with van der Waals surface area (Å²) in [5, 5.41) is 10.4. The molecule has 0 spiro atoms. The van der Waals surface area contributed by atoms with E-state index in [-0.39, 0.29) is 0 Å². The maximum Gasteiger partial charge on any atom is 0.163 e. The van der Waals surface area contributed by atoms with Crippen LogP contribution in [0.25, 0.3) is 11.4 Å². The van der Waals surface area contributed by atoms with Crippen molar-refractivity contribution in [2.24, 2.45) is 0 Å². The highest BCUT2D eigenvalue weighted by Gasteiger charge is 2.12. The molecular weight excluding hydrogens is 354 g/mol. The normalized spacial score (nSPS) is 10.8. The number of likely N-dealkylation sites (N-methyl/N-ethyl adjacent to an activating group) is 1. The number of aromatic amines is 1. The topological polar surface area (TPSA) is 82.2 Å². The molecule has 2 heterocycles. The van der Waals surface area contributed by atoms with Gasteiger partial charge in [0.25, 0.3) is 0 Å². The van der Waals surface area contributed by atoms with Gasteiger partial charge >= 0.3 is 0 Å². The molecule has 2 aromatic heterocycles. The molecule has 28 heavy (non-hydrogen) atoms. The number of ether oxygens (including phenoxy) is 1. The minimum atomic E-state index is 0.620. The Balaban J connectivity index is 1.96. The maximum absolute atomic E-state index is 5.19. The summed E-state index contributed by atoms with van der Waals surface area (Å²) in [5.74, 6) is 2.87. The van der Waals surface area contributed by atoms with Gasteiger partial charge in [-0.25, -0.2) is 9.97 Å². The summed E-state index contributed by atoms with van der Waals surface area (Å²) >= 11 is 0. The molecule has 3 aromatic rings. The average molecular weight is 381 g/mol. The summed E-state index contributed by atoms with van der Waals surface area (Å²) < 4.78 is 5.19. The van der Waals surface area contributed by atoms with Gasteiger partial charge in [-0.1, -0.05) is 0 Å². The molecule has 0 saturated carbocycles. The van der Waals surface area contributed by atoms with E-state index in [4.69, 9.17) is 14.7 Å². The van der Waals surface area contributed by atoms with Crippen molar-refractivity contribution in [1.82, 2.24) is 20.2 Å². The Morgan fingerprint density at radius 1 is 1.04 bits per heavy atom. The fraction of sp³-hybridized carbons (Fsp3) is 0.350. The van der Waals surface area contributed by atoms with Crippen molar-refractivity contribution in [3.63, 3.8) is 0 Å². The highest BCUT2D eigenvalue weighted by Crippen LogP contribution is 2.25. The van der Waals surface area contributed by atoms with E-state index in [1.165, 1.54) is 0 Å². The Hall–Kier alpha value is -3.13. The SMILES string of the molecule is COCCN(C)c1cc(Nc2cc(C)[nH]n2)nc(-c2ccc(N(C)C)cc2)n1. The van der Waals surface area contributed by atoms with Gasteiger partial charge in [0.1, 0.15) is 11.6 Å². The number of benzene rings is 1. The lowest BCUT2D eigenvalue weighted by Crippen LogP contribution is -2.23. The van der Waals surface area contributed by atoms with Crippen molar-refractivity contribution in [2.45, 2.75) is 6.92 Å². The highest BCUT2D eigenvalue weighted by molar-refractivity contribution is 5.66. The van der Waals surface area contributed by atoms with Crippen molar-refractivity contribution in [3.8, 4) is 11.4 Å². The van der Waals surface area contributed by atoms with Gasteiger partial charge in [0, 0.05) is 63.9 Å². The molecule has 3 rings (SSSR count). The van der Waals surface area contributed by atoms with Crippen LogP contribution in [0.1, 0.15) is 5.69 Å². The molecule has 0 bridgehead atoms. The molecule has 0 saturated heterocycles. The van der Waals surface area contributed by atoms with E-state index in [0.29, 0.717) is 18.2 Å². The number of H-pyrrole nitrogens is 1. The Bertz CT molecular complexity index is 905. The fourth-order valence-corrected chi connectivity index (χ4v) is 2.69. The number of nitrogens with zero attached hydrogens (tertiary/aromatic N) is 5. The van der Waals surface area contributed by atoms with E-state index in [0.717, 1.165) is 35.1 Å². The van der Waals surface area contributed by atoms with Crippen LogP contribution >= 0.6 is 0 Å². The first-order valence-electron chi connectivity index (χ1n) is 9.12. The summed E-state index contributed by atoms with van der Waals surface area (Å²) in [6.45, 7) is 3.31. The van der Waals surface area contributed by atoms with E-state index < -0.39 is 0 Å². The highest BCUT2D eigenvalue weighted by atomic mass is 16.5. The predicted octanol–water partition coefficient (Wildman–Crippen LogP) is 3.07. The number of rotatable bonds is 8. The molecule has 1 aromatic carbocycles. The lowest BCUT2D eigenvalue weighted by molar-refractivity contribution is 0.206. The van der Waals surface area contributed by atoms with E-state index in [2.05, 4.69) is 32.5 Å². The van der Waals surface area contributed by atoms with Crippen LogP contribution < -0.4 is 15.1 Å². The molecule has 0 aliphatic rings.